The average Bonchev–Trinajstić information content (AvgIpc) is 2.29. The molecule has 0 aromatic heterocycles. The van der Waals surface area contributed by atoms with Crippen molar-refractivity contribution in [2.75, 3.05) is 50.4 Å². The zero-order chi connectivity index (χ0) is 12.1. The number of rotatable bonds is 4. The molecule has 5 heteroatoms. The molecule has 0 unspecified atom stereocenters. The largest absolute Gasteiger partial charge is 0.399 e. The van der Waals surface area contributed by atoms with E-state index in [0.717, 1.165) is 45.1 Å². The Labute approximate surface area is 101 Å². The minimum absolute atomic E-state index is 0.307. The number of hydrogen-bond donors (Lipinski definition) is 2. The monoisotopic (exact) mass is 239 g/mol. The van der Waals surface area contributed by atoms with E-state index in [1.807, 2.05) is 0 Å². The molecule has 0 spiro atoms. The van der Waals surface area contributed by atoms with E-state index < -0.39 is 0 Å². The van der Waals surface area contributed by atoms with Gasteiger partial charge in [-0.3, -0.25) is 4.90 Å². The maximum absolute atomic E-state index is 13.1. The van der Waals surface area contributed by atoms with Crippen molar-refractivity contribution in [3.63, 3.8) is 0 Å². The lowest BCUT2D eigenvalue weighted by atomic mass is 10.2. The van der Waals surface area contributed by atoms with Gasteiger partial charge in [0.1, 0.15) is 5.82 Å². The Hall–Kier alpha value is -1.33. The van der Waals surface area contributed by atoms with Gasteiger partial charge in [-0.15, -0.1) is 0 Å². The van der Waals surface area contributed by atoms with Gasteiger partial charge in [-0.25, -0.2) is 4.39 Å². The first-order valence-electron chi connectivity index (χ1n) is 5.84. The second-order valence-corrected chi connectivity index (χ2v) is 4.15. The number of nitrogens with one attached hydrogen (secondary N) is 1. The third-order valence-electron chi connectivity index (χ3n) is 2.78. The zero-order valence-electron chi connectivity index (χ0n) is 9.79. The van der Waals surface area contributed by atoms with Crippen LogP contribution in [0, 0.1) is 5.82 Å². The Morgan fingerprint density at radius 2 is 2.06 bits per heavy atom. The first-order valence-corrected chi connectivity index (χ1v) is 5.84. The van der Waals surface area contributed by atoms with Crippen LogP contribution in [0.4, 0.5) is 15.8 Å². The van der Waals surface area contributed by atoms with Crippen LogP contribution in [-0.2, 0) is 4.74 Å². The lowest BCUT2D eigenvalue weighted by Gasteiger charge is -2.26. The number of hydrogen-bond acceptors (Lipinski definition) is 4. The van der Waals surface area contributed by atoms with E-state index in [1.54, 1.807) is 6.07 Å². The quantitative estimate of drug-likeness (QED) is 0.774. The van der Waals surface area contributed by atoms with Gasteiger partial charge in [0.15, 0.2) is 0 Å². The molecule has 1 aliphatic rings. The SMILES string of the molecule is Nc1cc(F)cc(NCCN2CCOCC2)c1. The second-order valence-electron chi connectivity index (χ2n) is 4.15. The Balaban J connectivity index is 1.77. The predicted molar refractivity (Wildman–Crippen MR) is 66.6 cm³/mol. The molecule has 0 saturated carbocycles. The summed E-state index contributed by atoms with van der Waals surface area (Å²) in [4.78, 5) is 2.32. The van der Waals surface area contributed by atoms with Gasteiger partial charge in [-0.05, 0) is 18.2 Å². The molecule has 0 radical (unpaired) electrons. The molecule has 2 rings (SSSR count). The summed E-state index contributed by atoms with van der Waals surface area (Å²) in [5.41, 5.74) is 6.74. The molecule has 0 amide bonds. The lowest BCUT2D eigenvalue weighted by molar-refractivity contribution is 0.0398. The highest BCUT2D eigenvalue weighted by Crippen LogP contribution is 2.15. The molecular weight excluding hydrogens is 221 g/mol. The Morgan fingerprint density at radius 3 is 2.76 bits per heavy atom. The fraction of sp³-hybridized carbons (Fsp3) is 0.500. The molecule has 1 heterocycles. The highest BCUT2D eigenvalue weighted by Gasteiger charge is 2.09. The summed E-state index contributed by atoms with van der Waals surface area (Å²) in [5.74, 6) is -0.307. The third-order valence-corrected chi connectivity index (χ3v) is 2.78. The number of nitrogens with zero attached hydrogens (tertiary/aromatic N) is 1. The fourth-order valence-electron chi connectivity index (χ4n) is 1.90. The number of benzene rings is 1. The summed E-state index contributed by atoms with van der Waals surface area (Å²) >= 11 is 0. The van der Waals surface area contributed by atoms with E-state index in [-0.39, 0.29) is 5.82 Å². The molecular formula is C12H18FN3O. The molecule has 3 N–H and O–H groups in total. The maximum Gasteiger partial charge on any atom is 0.127 e. The highest BCUT2D eigenvalue weighted by atomic mass is 19.1. The summed E-state index contributed by atoms with van der Waals surface area (Å²) < 4.78 is 18.3. The van der Waals surface area contributed by atoms with Gasteiger partial charge in [-0.1, -0.05) is 0 Å². The van der Waals surface area contributed by atoms with E-state index in [4.69, 9.17) is 10.5 Å². The molecule has 94 valence electrons. The van der Waals surface area contributed by atoms with Gasteiger partial charge < -0.3 is 15.8 Å². The predicted octanol–water partition coefficient (Wildman–Crippen LogP) is 1.15. The van der Waals surface area contributed by atoms with Crippen LogP contribution in [0.5, 0.6) is 0 Å². The van der Waals surface area contributed by atoms with E-state index in [2.05, 4.69) is 10.2 Å². The molecule has 1 saturated heterocycles. The molecule has 4 nitrogen and oxygen atoms in total. The van der Waals surface area contributed by atoms with Crippen molar-refractivity contribution < 1.29 is 9.13 Å². The number of anilines is 2. The number of nitrogen functional groups attached to an aromatic ring is 1. The van der Waals surface area contributed by atoms with Crippen LogP contribution in [0.1, 0.15) is 0 Å². The molecule has 1 aromatic carbocycles. The van der Waals surface area contributed by atoms with Crippen molar-refractivity contribution in [3.8, 4) is 0 Å². The third kappa shape index (κ3) is 3.87. The second kappa shape index (κ2) is 5.84. The molecule has 1 aromatic rings. The average molecular weight is 239 g/mol. The van der Waals surface area contributed by atoms with Gasteiger partial charge in [-0.2, -0.15) is 0 Å². The topological polar surface area (TPSA) is 50.5 Å². The minimum atomic E-state index is -0.307. The van der Waals surface area contributed by atoms with Gasteiger partial charge in [0.2, 0.25) is 0 Å². The van der Waals surface area contributed by atoms with Crippen molar-refractivity contribution in [2.24, 2.45) is 0 Å². The summed E-state index contributed by atoms with van der Waals surface area (Å²) in [7, 11) is 0. The van der Waals surface area contributed by atoms with Gasteiger partial charge in [0.05, 0.1) is 13.2 Å². The van der Waals surface area contributed by atoms with E-state index in [0.29, 0.717) is 5.69 Å². The van der Waals surface area contributed by atoms with Crippen molar-refractivity contribution in [3.05, 3.63) is 24.0 Å². The van der Waals surface area contributed by atoms with E-state index in [9.17, 15) is 4.39 Å². The maximum atomic E-state index is 13.1. The first-order chi connectivity index (χ1) is 8.24. The molecule has 0 aliphatic carbocycles. The molecule has 1 fully saturated rings. The Kier molecular flexibility index (Phi) is 4.17. The van der Waals surface area contributed by atoms with Crippen LogP contribution in [0.25, 0.3) is 0 Å². The molecule has 0 bridgehead atoms. The smallest absolute Gasteiger partial charge is 0.127 e. The van der Waals surface area contributed by atoms with Crippen LogP contribution in [0.3, 0.4) is 0 Å². The zero-order valence-corrected chi connectivity index (χ0v) is 9.79. The van der Waals surface area contributed by atoms with E-state index >= 15 is 0 Å². The summed E-state index contributed by atoms with van der Waals surface area (Å²) in [6, 6.07) is 4.51. The lowest BCUT2D eigenvalue weighted by Crippen LogP contribution is -2.39. The number of ether oxygens (including phenoxy) is 1. The van der Waals surface area contributed by atoms with Crippen LogP contribution in [-0.4, -0.2) is 44.3 Å². The number of halogens is 1. The Morgan fingerprint density at radius 1 is 1.29 bits per heavy atom. The van der Waals surface area contributed by atoms with Crippen LogP contribution in [0.2, 0.25) is 0 Å². The van der Waals surface area contributed by atoms with Crippen molar-refractivity contribution in [1.29, 1.82) is 0 Å². The van der Waals surface area contributed by atoms with Crippen LogP contribution in [0.15, 0.2) is 18.2 Å². The van der Waals surface area contributed by atoms with Crippen molar-refractivity contribution in [1.82, 2.24) is 4.90 Å². The van der Waals surface area contributed by atoms with Gasteiger partial charge >= 0.3 is 0 Å². The molecule has 0 atom stereocenters. The van der Waals surface area contributed by atoms with Crippen molar-refractivity contribution in [2.45, 2.75) is 0 Å². The summed E-state index contributed by atoms with van der Waals surface area (Å²) in [5, 5.41) is 3.17. The number of nitrogens with two attached hydrogens (primary N) is 1. The van der Waals surface area contributed by atoms with Gasteiger partial charge in [0.25, 0.3) is 0 Å². The highest BCUT2D eigenvalue weighted by molar-refractivity contribution is 5.54. The Bertz CT molecular complexity index is 347. The standard InChI is InChI=1S/C12H18FN3O/c13-10-7-11(14)9-12(8-10)15-1-2-16-3-5-17-6-4-16/h7-9,15H,1-6,14H2. The van der Waals surface area contributed by atoms with E-state index in [1.165, 1.54) is 12.1 Å². The molecule has 17 heavy (non-hydrogen) atoms. The first kappa shape index (κ1) is 12.1. The van der Waals surface area contributed by atoms with Crippen LogP contribution < -0.4 is 11.1 Å². The van der Waals surface area contributed by atoms with Gasteiger partial charge in [0, 0.05) is 37.6 Å². The van der Waals surface area contributed by atoms with Crippen molar-refractivity contribution >= 4 is 11.4 Å². The minimum Gasteiger partial charge on any atom is -0.399 e. The summed E-state index contributed by atoms with van der Waals surface area (Å²) in [6.45, 7) is 5.24. The fourth-order valence-corrected chi connectivity index (χ4v) is 1.90. The number of morpholine rings is 1. The molecule has 1 aliphatic heterocycles. The van der Waals surface area contributed by atoms with Crippen LogP contribution >= 0.6 is 0 Å². The normalized spacial score (nSPS) is 17.0. The summed E-state index contributed by atoms with van der Waals surface area (Å²) in [6.07, 6.45) is 0.